The molecule has 0 atom stereocenters. The Morgan fingerprint density at radius 1 is 0.978 bits per heavy atom. The van der Waals surface area contributed by atoms with Crippen LogP contribution in [0, 0.1) is 12.7 Å². The lowest BCUT2D eigenvalue weighted by atomic mass is 10.1. The van der Waals surface area contributed by atoms with E-state index in [4.69, 9.17) is 4.98 Å². The Morgan fingerprint density at radius 3 is 2.62 bits per heavy atom. The van der Waals surface area contributed by atoms with Crippen molar-refractivity contribution in [2.45, 2.75) is 44.3 Å². The fraction of sp³-hybridized carbons (Fsp3) is 0.343. The zero-order valence-corrected chi connectivity index (χ0v) is 27.1. The van der Waals surface area contributed by atoms with Gasteiger partial charge in [-0.3, -0.25) is 9.59 Å². The molecule has 1 saturated carbocycles. The number of pyridine rings is 1. The highest BCUT2D eigenvalue weighted by Gasteiger charge is 2.40. The lowest BCUT2D eigenvalue weighted by molar-refractivity contribution is 0.0981. The fourth-order valence-electron chi connectivity index (χ4n) is 6.03. The van der Waals surface area contributed by atoms with Gasteiger partial charge in [-0.15, -0.1) is 11.3 Å². The molecule has 4 heterocycles. The number of rotatable bonds is 6. The van der Waals surface area contributed by atoms with E-state index >= 15 is 0 Å². The molecule has 2 amide bonds. The van der Waals surface area contributed by atoms with E-state index in [9.17, 15) is 14.0 Å². The molecule has 1 N–H and O–H groups in total. The summed E-state index contributed by atoms with van der Waals surface area (Å²) in [7, 11) is 0. The third kappa shape index (κ3) is 6.23. The van der Waals surface area contributed by atoms with E-state index < -0.39 is 5.82 Å². The van der Waals surface area contributed by atoms with E-state index in [1.165, 1.54) is 30.2 Å². The van der Waals surface area contributed by atoms with Crippen molar-refractivity contribution < 1.29 is 14.0 Å². The third-order valence-electron chi connectivity index (χ3n) is 8.82. The van der Waals surface area contributed by atoms with Gasteiger partial charge in [-0.2, -0.15) is 0 Å². The van der Waals surface area contributed by atoms with Crippen molar-refractivity contribution in [3.63, 3.8) is 0 Å². The van der Waals surface area contributed by atoms with Crippen LogP contribution >= 0.6 is 23.3 Å². The minimum Gasteiger partial charge on any atom is -0.355 e. The first kappa shape index (κ1) is 30.0. The molecule has 2 aliphatic heterocycles. The molecule has 45 heavy (non-hydrogen) atoms. The van der Waals surface area contributed by atoms with Gasteiger partial charge < -0.3 is 15.1 Å². The van der Waals surface area contributed by atoms with Crippen LogP contribution in [0.2, 0.25) is 0 Å². The number of carbonyl (C=O) groups excluding carboxylic acids is 2. The summed E-state index contributed by atoms with van der Waals surface area (Å²) in [5, 5.41) is 2.76. The quantitative estimate of drug-likeness (QED) is 0.221. The van der Waals surface area contributed by atoms with E-state index in [0.29, 0.717) is 33.8 Å². The predicted molar refractivity (Wildman–Crippen MR) is 182 cm³/mol. The number of fused-ring (bicyclic) bond motifs is 3. The normalized spacial score (nSPS) is 17.6. The van der Waals surface area contributed by atoms with Gasteiger partial charge in [0.15, 0.2) is 0 Å². The largest absolute Gasteiger partial charge is 0.355 e. The van der Waals surface area contributed by atoms with Gasteiger partial charge in [0.2, 0.25) is 0 Å². The second-order valence-corrected chi connectivity index (χ2v) is 15.0. The number of nitrogens with zero attached hydrogens (tertiary/aromatic N) is 4. The minimum absolute atomic E-state index is 0.138. The Morgan fingerprint density at radius 2 is 1.80 bits per heavy atom. The summed E-state index contributed by atoms with van der Waals surface area (Å²) in [6.07, 6.45) is 4.23. The summed E-state index contributed by atoms with van der Waals surface area (Å²) >= 11 is 3.38. The van der Waals surface area contributed by atoms with Crippen LogP contribution in [0.1, 0.15) is 57.5 Å². The Balaban J connectivity index is 1.11. The molecule has 2 aromatic heterocycles. The van der Waals surface area contributed by atoms with Crippen LogP contribution in [0.4, 0.5) is 21.6 Å². The van der Waals surface area contributed by atoms with Crippen molar-refractivity contribution in [1.29, 1.82) is 0 Å². The molecule has 4 aromatic rings. The number of benzene rings is 2. The third-order valence-corrected chi connectivity index (χ3v) is 11.5. The average Bonchev–Trinajstić information content (AvgIpc) is 3.73. The zero-order valence-electron chi connectivity index (χ0n) is 25.5. The van der Waals surface area contributed by atoms with Crippen molar-refractivity contribution >= 4 is 52.3 Å². The first-order valence-electron chi connectivity index (χ1n) is 15.5. The van der Waals surface area contributed by atoms with Crippen molar-refractivity contribution in [2.75, 3.05) is 47.8 Å². The van der Waals surface area contributed by atoms with Crippen molar-refractivity contribution in [2.24, 2.45) is 0 Å². The second-order valence-electron chi connectivity index (χ2n) is 12.3. The lowest BCUT2D eigenvalue weighted by Gasteiger charge is -2.25. The molecule has 3 aliphatic rings. The van der Waals surface area contributed by atoms with Gasteiger partial charge in [0.25, 0.3) is 11.8 Å². The van der Waals surface area contributed by atoms with Crippen LogP contribution in [0.25, 0.3) is 10.4 Å². The highest BCUT2D eigenvalue weighted by molar-refractivity contribution is 7.98. The van der Waals surface area contributed by atoms with E-state index in [1.54, 1.807) is 25.1 Å². The molecule has 7 rings (SSSR count). The molecular formula is C35H36FN5O2S2. The van der Waals surface area contributed by atoms with E-state index in [1.807, 2.05) is 59.3 Å². The van der Waals surface area contributed by atoms with Gasteiger partial charge in [-0.05, 0) is 81.0 Å². The number of halogens is 1. The second kappa shape index (κ2) is 12.2. The van der Waals surface area contributed by atoms with Gasteiger partial charge in [-0.1, -0.05) is 48.3 Å². The number of carbonyl (C=O) groups is 2. The molecule has 0 bridgehead atoms. The topological polar surface area (TPSA) is 68.8 Å². The van der Waals surface area contributed by atoms with Crippen LogP contribution in [-0.2, 0) is 6.42 Å². The Hall–Kier alpha value is -3.73. The molecular weight excluding hydrogens is 606 g/mol. The molecule has 1 aliphatic carbocycles. The summed E-state index contributed by atoms with van der Waals surface area (Å²) in [5.41, 5.74) is 3.97. The molecule has 0 spiro atoms. The predicted octanol–water partition coefficient (Wildman–Crippen LogP) is 7.43. The van der Waals surface area contributed by atoms with Crippen LogP contribution in [0.3, 0.4) is 0 Å². The van der Waals surface area contributed by atoms with E-state index in [-0.39, 0.29) is 17.5 Å². The molecule has 1 saturated heterocycles. The van der Waals surface area contributed by atoms with Crippen LogP contribution in [0.15, 0.2) is 66.7 Å². The smallest absolute Gasteiger partial charge is 0.276 e. The SMILES string of the molecule is Cc1cccc(F)c1NC(=O)c1cc2c(s1)-c1ccccc1N(C(=O)c1cccc(N3CCCN(SC4(C)CC4)CC3)n1)CC2. The fourth-order valence-corrected chi connectivity index (χ4v) is 8.48. The van der Waals surface area contributed by atoms with Crippen LogP contribution in [-0.4, -0.2) is 58.6 Å². The molecule has 0 radical (unpaired) electrons. The maximum atomic E-state index is 14.4. The standard InChI is InChI=1S/C35H36FN5O2S2/c1-23-8-5-10-26(36)31(23)38-33(42)29-22-24-14-19-41(28-12-4-3-9-25(28)32(24)44-29)34(43)27-11-6-13-30(37-27)39-17-7-18-40(21-20-39)45-35(2)15-16-35/h3-6,8-13,22H,7,14-21H2,1-2H3,(H,38,42). The molecule has 10 heteroatoms. The molecule has 0 unspecified atom stereocenters. The first-order chi connectivity index (χ1) is 21.8. The molecule has 7 nitrogen and oxygen atoms in total. The number of para-hydroxylation sites is 2. The van der Waals surface area contributed by atoms with Gasteiger partial charge in [0, 0.05) is 47.9 Å². The van der Waals surface area contributed by atoms with Gasteiger partial charge in [-0.25, -0.2) is 13.7 Å². The number of thiophene rings is 1. The highest BCUT2D eigenvalue weighted by Crippen LogP contribution is 2.49. The number of hydrogen-bond donors (Lipinski definition) is 1. The highest BCUT2D eigenvalue weighted by atomic mass is 32.2. The number of nitrogens with one attached hydrogen (secondary N) is 1. The minimum atomic E-state index is -0.460. The Bertz CT molecular complexity index is 1750. The van der Waals surface area contributed by atoms with Crippen molar-refractivity contribution in [3.8, 4) is 10.4 Å². The summed E-state index contributed by atoms with van der Waals surface area (Å²) in [5.74, 6) is -0.0995. The van der Waals surface area contributed by atoms with Crippen molar-refractivity contribution in [3.05, 3.63) is 94.2 Å². The van der Waals surface area contributed by atoms with E-state index in [0.717, 1.165) is 60.1 Å². The lowest BCUT2D eigenvalue weighted by Crippen LogP contribution is -2.34. The summed E-state index contributed by atoms with van der Waals surface area (Å²) < 4.78 is 17.3. The molecule has 2 fully saturated rings. The average molecular weight is 642 g/mol. The number of anilines is 3. The maximum Gasteiger partial charge on any atom is 0.276 e. The van der Waals surface area contributed by atoms with Gasteiger partial charge >= 0.3 is 0 Å². The monoisotopic (exact) mass is 641 g/mol. The number of aryl methyl sites for hydroxylation is 1. The summed E-state index contributed by atoms with van der Waals surface area (Å²) in [6.45, 7) is 8.41. The van der Waals surface area contributed by atoms with E-state index in [2.05, 4.69) is 21.4 Å². The number of aromatic nitrogens is 1. The van der Waals surface area contributed by atoms with Gasteiger partial charge in [0.1, 0.15) is 17.3 Å². The maximum absolute atomic E-state index is 14.4. The van der Waals surface area contributed by atoms with Crippen LogP contribution < -0.4 is 15.1 Å². The Kier molecular flexibility index (Phi) is 8.14. The van der Waals surface area contributed by atoms with Crippen LogP contribution in [0.5, 0.6) is 0 Å². The number of amides is 2. The zero-order chi connectivity index (χ0) is 31.1. The summed E-state index contributed by atoms with van der Waals surface area (Å²) in [4.78, 5) is 37.8. The molecule has 2 aromatic carbocycles. The first-order valence-corrected chi connectivity index (χ1v) is 17.1. The summed E-state index contributed by atoms with van der Waals surface area (Å²) in [6, 6.07) is 20.2. The van der Waals surface area contributed by atoms with Gasteiger partial charge in [0.05, 0.1) is 16.3 Å². The molecule has 232 valence electrons. The van der Waals surface area contributed by atoms with Crippen molar-refractivity contribution in [1.82, 2.24) is 9.29 Å². The number of hydrogen-bond acceptors (Lipinski definition) is 7. The Labute approximate surface area is 271 Å².